The summed E-state index contributed by atoms with van der Waals surface area (Å²) in [7, 11) is 0. The number of aryl methyl sites for hydroxylation is 1. The molecule has 1 amide bonds. The second kappa shape index (κ2) is 6.34. The van der Waals surface area contributed by atoms with E-state index in [9.17, 15) is 4.79 Å². The van der Waals surface area contributed by atoms with Gasteiger partial charge in [0.15, 0.2) is 0 Å². The third kappa shape index (κ3) is 3.12. The minimum Gasteiger partial charge on any atom is -0.381 e. The molecule has 2 heterocycles. The number of ether oxygens (including phenoxy) is 1. The Morgan fingerprint density at radius 3 is 2.78 bits per heavy atom. The second-order valence-corrected chi connectivity index (χ2v) is 6.47. The Hall–Kier alpha value is -1.85. The highest BCUT2D eigenvalue weighted by molar-refractivity contribution is 6.35. The predicted octanol–water partition coefficient (Wildman–Crippen LogP) is 2.89. The normalized spacial score (nSPS) is 17.1. The topological polar surface area (TPSA) is 77.2 Å². The summed E-state index contributed by atoms with van der Waals surface area (Å²) < 4.78 is 5.35. The summed E-state index contributed by atoms with van der Waals surface area (Å²) in [4.78, 5) is 16.5. The summed E-state index contributed by atoms with van der Waals surface area (Å²) in [5, 5.41) is 4.87. The van der Waals surface area contributed by atoms with Gasteiger partial charge in [0.25, 0.3) is 0 Å². The van der Waals surface area contributed by atoms with Crippen molar-refractivity contribution >= 4 is 34.2 Å². The molecular formula is C17H20ClN3O2. The maximum Gasteiger partial charge on any atom is 0.225 e. The minimum absolute atomic E-state index is 0.284. The van der Waals surface area contributed by atoms with Gasteiger partial charge < -0.3 is 15.8 Å². The molecule has 0 radical (unpaired) electrons. The largest absolute Gasteiger partial charge is 0.381 e. The number of nitrogens with two attached hydrogens (primary N) is 1. The Bertz CT molecular complexity index is 742. The highest BCUT2D eigenvalue weighted by atomic mass is 35.5. The van der Waals surface area contributed by atoms with Crippen LogP contribution in [0.2, 0.25) is 5.02 Å². The van der Waals surface area contributed by atoms with Gasteiger partial charge in [0, 0.05) is 30.2 Å². The van der Waals surface area contributed by atoms with E-state index < -0.39 is 5.41 Å². The average molecular weight is 334 g/mol. The van der Waals surface area contributed by atoms with Crippen LogP contribution in [0.25, 0.3) is 10.9 Å². The van der Waals surface area contributed by atoms with E-state index in [0.717, 1.165) is 22.3 Å². The third-order valence-corrected chi connectivity index (χ3v) is 4.92. The Balaban J connectivity index is 1.84. The molecule has 23 heavy (non-hydrogen) atoms. The van der Waals surface area contributed by atoms with E-state index in [1.54, 1.807) is 0 Å². The van der Waals surface area contributed by atoms with Crippen LogP contribution in [0.1, 0.15) is 18.4 Å². The van der Waals surface area contributed by atoms with Crippen LogP contribution < -0.4 is 11.1 Å². The van der Waals surface area contributed by atoms with Crippen molar-refractivity contribution in [1.82, 2.24) is 4.98 Å². The molecule has 1 aliphatic heterocycles. The average Bonchev–Trinajstić information content (AvgIpc) is 2.57. The Morgan fingerprint density at radius 2 is 2.09 bits per heavy atom. The lowest BCUT2D eigenvalue weighted by atomic mass is 9.79. The van der Waals surface area contributed by atoms with Gasteiger partial charge >= 0.3 is 0 Å². The number of aromatic nitrogens is 1. The summed E-state index contributed by atoms with van der Waals surface area (Å²) in [6.45, 7) is 3.58. The van der Waals surface area contributed by atoms with Crippen LogP contribution in [-0.2, 0) is 9.53 Å². The minimum atomic E-state index is -0.571. The zero-order valence-corrected chi connectivity index (χ0v) is 13.8. The Labute approximate surface area is 140 Å². The molecule has 1 fully saturated rings. The molecule has 1 aromatic heterocycles. The number of carbonyl (C=O) groups is 1. The van der Waals surface area contributed by atoms with E-state index in [-0.39, 0.29) is 5.91 Å². The molecule has 122 valence electrons. The number of carbonyl (C=O) groups excluding carboxylic acids is 1. The zero-order valence-electron chi connectivity index (χ0n) is 13.1. The first-order chi connectivity index (χ1) is 11.0. The fourth-order valence-corrected chi connectivity index (χ4v) is 3.17. The number of rotatable bonds is 4. The van der Waals surface area contributed by atoms with Gasteiger partial charge in [-0.2, -0.15) is 0 Å². The zero-order chi connectivity index (χ0) is 16.4. The fraction of sp³-hybridized carbons (Fsp3) is 0.412. The van der Waals surface area contributed by atoms with Crippen LogP contribution in [-0.4, -0.2) is 30.6 Å². The van der Waals surface area contributed by atoms with Gasteiger partial charge in [-0.25, -0.2) is 4.98 Å². The molecule has 0 spiro atoms. The molecular weight excluding hydrogens is 314 g/mol. The lowest BCUT2D eigenvalue weighted by Gasteiger charge is -2.34. The molecule has 1 aliphatic rings. The highest BCUT2D eigenvalue weighted by Gasteiger charge is 2.38. The maximum absolute atomic E-state index is 11.9. The van der Waals surface area contributed by atoms with Crippen molar-refractivity contribution in [1.29, 1.82) is 0 Å². The first-order valence-electron chi connectivity index (χ1n) is 7.69. The summed E-state index contributed by atoms with van der Waals surface area (Å²) in [5.74, 6) is 0.434. The number of benzene rings is 1. The first kappa shape index (κ1) is 16.0. The van der Waals surface area contributed by atoms with E-state index >= 15 is 0 Å². The summed E-state index contributed by atoms with van der Waals surface area (Å²) in [5.41, 5.74) is 6.98. The van der Waals surface area contributed by atoms with Gasteiger partial charge in [-0.05, 0) is 43.5 Å². The SMILES string of the molecule is Cc1ccc(Cl)c2ccc(NCC3(C(N)=O)CCOCC3)nc12. The first-order valence-corrected chi connectivity index (χ1v) is 8.07. The van der Waals surface area contributed by atoms with Gasteiger partial charge in [0.2, 0.25) is 5.91 Å². The van der Waals surface area contributed by atoms with Gasteiger partial charge in [-0.3, -0.25) is 4.79 Å². The van der Waals surface area contributed by atoms with Crippen molar-refractivity contribution in [3.05, 3.63) is 34.9 Å². The number of anilines is 1. The van der Waals surface area contributed by atoms with E-state index in [0.29, 0.717) is 37.6 Å². The van der Waals surface area contributed by atoms with Crippen LogP contribution in [0, 0.1) is 12.3 Å². The van der Waals surface area contributed by atoms with Gasteiger partial charge in [0.05, 0.1) is 10.9 Å². The van der Waals surface area contributed by atoms with Crippen LogP contribution >= 0.6 is 11.6 Å². The number of halogens is 1. The monoisotopic (exact) mass is 333 g/mol. The predicted molar refractivity (Wildman–Crippen MR) is 91.7 cm³/mol. The molecule has 3 N–H and O–H groups in total. The summed E-state index contributed by atoms with van der Waals surface area (Å²) >= 11 is 6.21. The van der Waals surface area contributed by atoms with E-state index in [1.807, 2.05) is 31.2 Å². The van der Waals surface area contributed by atoms with E-state index in [1.165, 1.54) is 0 Å². The molecule has 0 bridgehead atoms. The lowest BCUT2D eigenvalue weighted by Crippen LogP contribution is -2.46. The Morgan fingerprint density at radius 1 is 1.35 bits per heavy atom. The number of hydrogen-bond acceptors (Lipinski definition) is 4. The third-order valence-electron chi connectivity index (χ3n) is 4.59. The molecule has 0 atom stereocenters. The van der Waals surface area contributed by atoms with Crippen LogP contribution in [0.5, 0.6) is 0 Å². The summed E-state index contributed by atoms with van der Waals surface area (Å²) in [6, 6.07) is 7.64. The molecule has 2 aromatic rings. The van der Waals surface area contributed by atoms with Crippen molar-refractivity contribution in [2.45, 2.75) is 19.8 Å². The second-order valence-electron chi connectivity index (χ2n) is 6.07. The van der Waals surface area contributed by atoms with E-state index in [2.05, 4.69) is 10.3 Å². The smallest absolute Gasteiger partial charge is 0.225 e. The number of primary amides is 1. The molecule has 0 unspecified atom stereocenters. The number of pyridine rings is 1. The van der Waals surface area contributed by atoms with Gasteiger partial charge in [0.1, 0.15) is 5.82 Å². The number of fused-ring (bicyclic) bond motifs is 1. The molecule has 6 heteroatoms. The molecule has 1 aromatic carbocycles. The van der Waals surface area contributed by atoms with Gasteiger partial charge in [-0.1, -0.05) is 17.7 Å². The van der Waals surface area contributed by atoms with Crippen LogP contribution in [0.15, 0.2) is 24.3 Å². The summed E-state index contributed by atoms with van der Waals surface area (Å²) in [6.07, 6.45) is 1.27. The quantitative estimate of drug-likeness (QED) is 0.902. The van der Waals surface area contributed by atoms with Gasteiger partial charge in [-0.15, -0.1) is 0 Å². The van der Waals surface area contributed by atoms with Crippen molar-refractivity contribution in [3.63, 3.8) is 0 Å². The molecule has 1 saturated heterocycles. The fourth-order valence-electron chi connectivity index (χ4n) is 2.95. The lowest BCUT2D eigenvalue weighted by molar-refractivity contribution is -0.132. The van der Waals surface area contributed by atoms with E-state index in [4.69, 9.17) is 22.1 Å². The number of hydrogen-bond donors (Lipinski definition) is 2. The van der Waals surface area contributed by atoms with Crippen molar-refractivity contribution in [2.24, 2.45) is 11.1 Å². The van der Waals surface area contributed by atoms with Crippen molar-refractivity contribution < 1.29 is 9.53 Å². The van der Waals surface area contributed by atoms with Crippen molar-refractivity contribution in [2.75, 3.05) is 25.1 Å². The van der Waals surface area contributed by atoms with Crippen molar-refractivity contribution in [3.8, 4) is 0 Å². The molecule has 3 rings (SSSR count). The number of nitrogens with zero attached hydrogens (tertiary/aromatic N) is 1. The Kier molecular flexibility index (Phi) is 4.41. The number of nitrogens with one attached hydrogen (secondary N) is 1. The van der Waals surface area contributed by atoms with Crippen LogP contribution in [0.3, 0.4) is 0 Å². The molecule has 5 nitrogen and oxygen atoms in total. The molecule has 0 aliphatic carbocycles. The molecule has 0 saturated carbocycles. The standard InChI is InChI=1S/C17H20ClN3O2/c1-11-2-4-13(18)12-3-5-14(21-15(11)12)20-10-17(16(19)22)6-8-23-9-7-17/h2-5H,6-10H2,1H3,(H2,19,22)(H,20,21). The van der Waals surface area contributed by atoms with Crippen LogP contribution in [0.4, 0.5) is 5.82 Å². The maximum atomic E-state index is 11.9. The highest BCUT2D eigenvalue weighted by Crippen LogP contribution is 2.31. The number of amides is 1.